The normalized spacial score (nSPS) is 14.9. The molecule has 0 spiro atoms. The lowest BCUT2D eigenvalue weighted by atomic mass is 10.2. The van der Waals surface area contributed by atoms with E-state index in [9.17, 15) is 5.26 Å². The van der Waals surface area contributed by atoms with E-state index in [4.69, 9.17) is 0 Å². The van der Waals surface area contributed by atoms with Crippen LogP contribution >= 0.6 is 11.5 Å². The Hall–Kier alpha value is -2.65. The Bertz CT molecular complexity index is 874. The van der Waals surface area contributed by atoms with Crippen LogP contribution in [-0.2, 0) is 0 Å². The van der Waals surface area contributed by atoms with E-state index in [1.807, 2.05) is 6.07 Å². The molecule has 0 N–H and O–H groups in total. The average Bonchev–Trinajstić information content (AvgIpc) is 3.06. The maximum absolute atomic E-state index is 9.25. The van der Waals surface area contributed by atoms with Crippen molar-refractivity contribution in [2.45, 2.75) is 0 Å². The van der Waals surface area contributed by atoms with Gasteiger partial charge in [0.2, 0.25) is 0 Å². The van der Waals surface area contributed by atoms with Crippen molar-refractivity contribution in [3.8, 4) is 6.07 Å². The van der Waals surface area contributed by atoms with E-state index in [2.05, 4.69) is 43.4 Å². The van der Waals surface area contributed by atoms with Crippen LogP contribution in [0.1, 0.15) is 5.56 Å². The van der Waals surface area contributed by atoms with Crippen molar-refractivity contribution in [3.05, 3.63) is 48.3 Å². The Kier molecular flexibility index (Phi) is 3.56. The summed E-state index contributed by atoms with van der Waals surface area (Å²) in [7, 11) is 0. The number of anilines is 2. The topological polar surface area (TPSA) is 56.1 Å². The summed E-state index contributed by atoms with van der Waals surface area (Å²) in [6.45, 7) is 3.53. The highest BCUT2D eigenvalue weighted by Crippen LogP contribution is 2.30. The Labute approximate surface area is 138 Å². The fourth-order valence-corrected chi connectivity index (χ4v) is 3.79. The number of hydrogen-bond donors (Lipinski definition) is 0. The molecule has 0 atom stereocenters. The summed E-state index contributed by atoms with van der Waals surface area (Å²) in [5, 5.41) is 10.5. The molecule has 0 saturated carbocycles. The van der Waals surface area contributed by atoms with Gasteiger partial charge in [-0.05, 0) is 29.7 Å². The fourth-order valence-electron chi connectivity index (χ4n) is 2.99. The molecular weight excluding hydrogens is 306 g/mol. The summed E-state index contributed by atoms with van der Waals surface area (Å²) in [5.74, 6) is 1.08. The van der Waals surface area contributed by atoms with Crippen molar-refractivity contribution in [3.63, 3.8) is 0 Å². The molecule has 5 nitrogen and oxygen atoms in total. The first-order chi connectivity index (χ1) is 11.4. The lowest BCUT2D eigenvalue weighted by Gasteiger charge is -2.36. The number of rotatable bonds is 2. The molecule has 3 aromatic rings. The number of fused-ring (bicyclic) bond motifs is 1. The quantitative estimate of drug-likeness (QED) is 0.726. The number of nitriles is 1. The Morgan fingerprint density at radius 3 is 2.65 bits per heavy atom. The van der Waals surface area contributed by atoms with Crippen LogP contribution in [-0.4, -0.2) is 35.5 Å². The molecule has 1 aromatic carbocycles. The van der Waals surface area contributed by atoms with Gasteiger partial charge in [0.25, 0.3) is 0 Å². The first kappa shape index (κ1) is 14.0. The lowest BCUT2D eigenvalue weighted by Crippen LogP contribution is -2.47. The second-order valence-corrected chi connectivity index (χ2v) is 6.29. The smallest absolute Gasteiger partial charge is 0.150 e. The zero-order valence-corrected chi connectivity index (χ0v) is 13.3. The van der Waals surface area contributed by atoms with Crippen LogP contribution in [0.25, 0.3) is 10.1 Å². The molecule has 6 heteroatoms. The van der Waals surface area contributed by atoms with Crippen molar-refractivity contribution >= 4 is 33.1 Å². The molecule has 3 heterocycles. The van der Waals surface area contributed by atoms with E-state index in [-0.39, 0.29) is 0 Å². The highest BCUT2D eigenvalue weighted by Gasteiger charge is 2.22. The van der Waals surface area contributed by atoms with E-state index < -0.39 is 0 Å². The second kappa shape index (κ2) is 5.86. The van der Waals surface area contributed by atoms with Gasteiger partial charge in [0.15, 0.2) is 0 Å². The minimum Gasteiger partial charge on any atom is -0.366 e. The maximum atomic E-state index is 9.25. The van der Waals surface area contributed by atoms with Gasteiger partial charge in [0, 0.05) is 37.8 Å². The van der Waals surface area contributed by atoms with E-state index in [0.29, 0.717) is 5.56 Å². The number of hydrogen-bond acceptors (Lipinski definition) is 6. The zero-order chi connectivity index (χ0) is 15.6. The molecule has 0 aliphatic carbocycles. The molecule has 4 rings (SSSR count). The van der Waals surface area contributed by atoms with Crippen LogP contribution in [0.3, 0.4) is 0 Å². The molecule has 1 aliphatic heterocycles. The predicted octanol–water partition coefficient (Wildman–Crippen LogP) is 2.89. The number of aromatic nitrogens is 2. The summed E-state index contributed by atoms with van der Waals surface area (Å²) in [5.41, 5.74) is 1.62. The van der Waals surface area contributed by atoms with Gasteiger partial charge < -0.3 is 9.80 Å². The molecule has 23 heavy (non-hydrogen) atoms. The highest BCUT2D eigenvalue weighted by atomic mass is 32.1. The fraction of sp³-hybridized carbons (Fsp3) is 0.235. The molecule has 1 fully saturated rings. The number of nitrogens with zero attached hydrogens (tertiary/aromatic N) is 5. The van der Waals surface area contributed by atoms with Gasteiger partial charge in [-0.15, -0.1) is 0 Å². The SMILES string of the molecule is N#Cc1ccncc1N1CCN(c2nsc3ccccc23)CC1. The molecular formula is C17H15N5S. The summed E-state index contributed by atoms with van der Waals surface area (Å²) in [6, 6.07) is 12.4. The number of piperazine rings is 1. The molecule has 0 bridgehead atoms. The van der Waals surface area contributed by atoms with E-state index in [1.165, 1.54) is 10.1 Å². The predicted molar refractivity (Wildman–Crippen MR) is 93.0 cm³/mol. The van der Waals surface area contributed by atoms with Gasteiger partial charge >= 0.3 is 0 Å². The Balaban J connectivity index is 1.54. The second-order valence-electron chi connectivity index (χ2n) is 5.48. The third kappa shape index (κ3) is 2.49. The monoisotopic (exact) mass is 321 g/mol. The van der Waals surface area contributed by atoms with Crippen molar-refractivity contribution in [1.29, 1.82) is 5.26 Å². The van der Waals surface area contributed by atoms with Gasteiger partial charge in [0.05, 0.1) is 22.1 Å². The van der Waals surface area contributed by atoms with Crippen molar-refractivity contribution in [1.82, 2.24) is 9.36 Å². The molecule has 0 amide bonds. The van der Waals surface area contributed by atoms with Crippen LogP contribution in [0.5, 0.6) is 0 Å². The summed E-state index contributed by atoms with van der Waals surface area (Å²) < 4.78 is 5.86. The third-order valence-electron chi connectivity index (χ3n) is 4.20. The molecule has 2 aromatic heterocycles. The standard InChI is InChI=1S/C17H15N5S/c18-11-13-5-6-19-12-15(13)21-7-9-22(10-8-21)17-14-3-1-2-4-16(14)23-20-17/h1-6,12H,7-10H2. The minimum atomic E-state index is 0.688. The summed E-state index contributed by atoms with van der Waals surface area (Å²) in [4.78, 5) is 8.73. The summed E-state index contributed by atoms with van der Waals surface area (Å²) >= 11 is 1.55. The highest BCUT2D eigenvalue weighted by molar-refractivity contribution is 7.13. The van der Waals surface area contributed by atoms with E-state index in [0.717, 1.165) is 37.7 Å². The number of pyridine rings is 1. The first-order valence-electron chi connectivity index (χ1n) is 7.55. The Morgan fingerprint density at radius 2 is 1.83 bits per heavy atom. The zero-order valence-electron chi connectivity index (χ0n) is 12.5. The van der Waals surface area contributed by atoms with Gasteiger partial charge in [-0.2, -0.15) is 9.64 Å². The van der Waals surface area contributed by atoms with Crippen LogP contribution in [0.2, 0.25) is 0 Å². The van der Waals surface area contributed by atoms with Crippen LogP contribution in [0.15, 0.2) is 42.7 Å². The summed E-state index contributed by atoms with van der Waals surface area (Å²) in [6.07, 6.45) is 3.45. The Morgan fingerprint density at radius 1 is 1.04 bits per heavy atom. The van der Waals surface area contributed by atoms with Gasteiger partial charge in [-0.25, -0.2) is 0 Å². The maximum Gasteiger partial charge on any atom is 0.150 e. The van der Waals surface area contributed by atoms with Gasteiger partial charge in [0.1, 0.15) is 11.9 Å². The van der Waals surface area contributed by atoms with Crippen molar-refractivity contribution in [2.24, 2.45) is 0 Å². The van der Waals surface area contributed by atoms with Gasteiger partial charge in [-0.3, -0.25) is 4.98 Å². The van der Waals surface area contributed by atoms with Gasteiger partial charge in [-0.1, -0.05) is 12.1 Å². The molecule has 0 radical (unpaired) electrons. The van der Waals surface area contributed by atoms with Crippen LogP contribution in [0.4, 0.5) is 11.5 Å². The third-order valence-corrected chi connectivity index (χ3v) is 5.02. The molecule has 0 unspecified atom stereocenters. The average molecular weight is 321 g/mol. The van der Waals surface area contributed by atoms with E-state index in [1.54, 1.807) is 30.0 Å². The molecule has 1 aliphatic rings. The minimum absolute atomic E-state index is 0.688. The van der Waals surface area contributed by atoms with E-state index >= 15 is 0 Å². The van der Waals surface area contributed by atoms with Crippen LogP contribution < -0.4 is 9.80 Å². The number of benzene rings is 1. The largest absolute Gasteiger partial charge is 0.366 e. The molecule has 114 valence electrons. The molecule has 1 saturated heterocycles. The van der Waals surface area contributed by atoms with Crippen molar-refractivity contribution in [2.75, 3.05) is 36.0 Å². The lowest BCUT2D eigenvalue weighted by molar-refractivity contribution is 0.650. The first-order valence-corrected chi connectivity index (χ1v) is 8.32. The van der Waals surface area contributed by atoms with Crippen LogP contribution in [0, 0.1) is 11.3 Å². The van der Waals surface area contributed by atoms with Crippen molar-refractivity contribution < 1.29 is 0 Å².